The summed E-state index contributed by atoms with van der Waals surface area (Å²) in [7, 11) is -7.17. The van der Waals surface area contributed by atoms with Gasteiger partial charge in [0.15, 0.2) is 0 Å². The molecule has 0 aliphatic heterocycles. The van der Waals surface area contributed by atoms with Crippen molar-refractivity contribution in [2.75, 3.05) is 26.4 Å². The van der Waals surface area contributed by atoms with E-state index in [-0.39, 0.29) is 38.3 Å². The van der Waals surface area contributed by atoms with Crippen LogP contribution in [0.4, 0.5) is 0 Å². The van der Waals surface area contributed by atoms with E-state index >= 15 is 0 Å². The van der Waals surface area contributed by atoms with Crippen LogP contribution in [-0.4, -0.2) is 31.5 Å². The van der Waals surface area contributed by atoms with Crippen LogP contribution in [-0.2, 0) is 27.2 Å². The van der Waals surface area contributed by atoms with Gasteiger partial charge in [0.25, 0.3) is 0 Å². The predicted molar refractivity (Wildman–Crippen MR) is 250 cm³/mol. The van der Waals surface area contributed by atoms with Crippen LogP contribution in [0.2, 0.25) is 0 Å². The first-order chi connectivity index (χ1) is 28.9. The Kier molecular flexibility index (Phi) is 19.5. The number of para-hydroxylation sites is 3. The van der Waals surface area contributed by atoms with Gasteiger partial charge in [-0.2, -0.15) is 0 Å². The molecule has 0 saturated heterocycles. The maximum atomic E-state index is 12.9. The van der Waals surface area contributed by atoms with Crippen LogP contribution >= 0.6 is 15.6 Å². The summed E-state index contributed by atoms with van der Waals surface area (Å²) < 4.78 is 58.9. The topological polar surface area (TPSA) is 110 Å². The Bertz CT molecular complexity index is 1790. The standard InChI is InChI=1S/2C18H29O4P.C14H20O/c2*1-6-20-23(19,21-7-2)22-18-16(13(3)4)9-8-10-17(18)14(5)15-11-12-15;1-9(2)12-5-4-6-13(14(12)15)10(3)11-7-8-11/h2*8-10,13-15H,6-7,11-12H2,1-5H3;4-6,9-11,15H,7-8H2,1-3H3. The minimum absolute atomic E-state index is 0.271. The number of benzene rings is 3. The van der Waals surface area contributed by atoms with Gasteiger partial charge in [0.05, 0.1) is 26.4 Å². The highest BCUT2D eigenvalue weighted by atomic mass is 31.2. The summed E-state index contributed by atoms with van der Waals surface area (Å²) in [5.41, 5.74) is 6.55. The van der Waals surface area contributed by atoms with E-state index in [2.05, 4.69) is 98.7 Å². The van der Waals surface area contributed by atoms with Gasteiger partial charge in [0.1, 0.15) is 17.2 Å². The van der Waals surface area contributed by atoms with Gasteiger partial charge >= 0.3 is 15.6 Å². The molecule has 3 saturated carbocycles. The fourth-order valence-electron chi connectivity index (χ4n) is 7.98. The van der Waals surface area contributed by atoms with Crippen LogP contribution < -0.4 is 9.05 Å². The van der Waals surface area contributed by atoms with E-state index in [0.29, 0.717) is 52.8 Å². The van der Waals surface area contributed by atoms with E-state index in [1.807, 2.05) is 18.2 Å². The van der Waals surface area contributed by atoms with E-state index in [1.54, 1.807) is 27.7 Å². The number of hydrogen-bond acceptors (Lipinski definition) is 9. The molecule has 3 aliphatic rings. The van der Waals surface area contributed by atoms with E-state index in [1.165, 1.54) is 38.5 Å². The van der Waals surface area contributed by atoms with E-state index in [4.69, 9.17) is 27.1 Å². The van der Waals surface area contributed by atoms with Crippen LogP contribution in [0, 0.1) is 17.8 Å². The van der Waals surface area contributed by atoms with Crippen LogP contribution in [0.15, 0.2) is 54.6 Å². The van der Waals surface area contributed by atoms with Crippen molar-refractivity contribution in [2.45, 2.75) is 164 Å². The van der Waals surface area contributed by atoms with Crippen molar-refractivity contribution in [1.82, 2.24) is 0 Å². The zero-order chi connectivity index (χ0) is 45.1. The minimum atomic E-state index is -3.58. The Labute approximate surface area is 369 Å². The first-order valence-corrected chi connectivity index (χ1v) is 26.1. The molecule has 3 aromatic carbocycles. The largest absolute Gasteiger partial charge is 0.530 e. The minimum Gasteiger partial charge on any atom is -0.507 e. The molecular formula is C50H78O9P2. The van der Waals surface area contributed by atoms with Gasteiger partial charge in [-0.15, -0.1) is 0 Å². The summed E-state index contributed by atoms with van der Waals surface area (Å²) >= 11 is 0. The summed E-state index contributed by atoms with van der Waals surface area (Å²) in [5.74, 6) is 6.34. The molecule has 9 nitrogen and oxygen atoms in total. The molecule has 6 rings (SSSR count). The Morgan fingerprint density at radius 3 is 1.00 bits per heavy atom. The zero-order valence-corrected chi connectivity index (χ0v) is 41.4. The number of phosphoric acid groups is 2. The second-order valence-corrected chi connectivity index (χ2v) is 21.1. The lowest BCUT2D eigenvalue weighted by molar-refractivity contribution is 0.165. The Morgan fingerprint density at radius 1 is 0.459 bits per heavy atom. The second kappa shape index (κ2) is 23.3. The SMILES string of the molecule is CC(C)c1cccc(C(C)C2CC2)c1O.CCOP(=O)(OCC)Oc1c(C(C)C)cccc1C(C)C1CC1.CCOP(=O)(OCC)Oc1c(C(C)C)cccc1C(C)C1CC1. The molecular weight excluding hydrogens is 806 g/mol. The molecule has 3 aromatic rings. The average molecular weight is 885 g/mol. The van der Waals surface area contributed by atoms with Crippen molar-refractivity contribution >= 4 is 15.6 Å². The number of phosphoric ester groups is 2. The second-order valence-electron chi connectivity index (χ2n) is 17.9. The van der Waals surface area contributed by atoms with Crippen molar-refractivity contribution in [3.05, 3.63) is 88.0 Å². The third-order valence-electron chi connectivity index (χ3n) is 12.1. The third kappa shape index (κ3) is 14.4. The lowest BCUT2D eigenvalue weighted by Gasteiger charge is -2.24. The number of phenols is 1. The highest BCUT2D eigenvalue weighted by molar-refractivity contribution is 7.49. The van der Waals surface area contributed by atoms with Gasteiger partial charge in [0.2, 0.25) is 0 Å². The van der Waals surface area contributed by atoms with Crippen molar-refractivity contribution in [3.63, 3.8) is 0 Å². The Hall–Kier alpha value is -2.64. The molecule has 0 amide bonds. The van der Waals surface area contributed by atoms with E-state index < -0.39 is 15.6 Å². The fourth-order valence-corrected chi connectivity index (χ4v) is 10.5. The predicted octanol–water partition coefficient (Wildman–Crippen LogP) is 15.8. The van der Waals surface area contributed by atoms with Crippen LogP contribution in [0.3, 0.4) is 0 Å². The molecule has 0 spiro atoms. The summed E-state index contributed by atoms with van der Waals surface area (Å²) in [6, 6.07) is 18.5. The third-order valence-corrected chi connectivity index (χ3v) is 15.2. The van der Waals surface area contributed by atoms with Crippen LogP contribution in [0.1, 0.15) is 197 Å². The Morgan fingerprint density at radius 2 is 0.721 bits per heavy atom. The van der Waals surface area contributed by atoms with E-state index in [9.17, 15) is 14.2 Å². The molecule has 342 valence electrons. The zero-order valence-electron chi connectivity index (χ0n) is 39.6. The summed E-state index contributed by atoms with van der Waals surface area (Å²) in [5, 5.41) is 10.2. The summed E-state index contributed by atoms with van der Waals surface area (Å²) in [6.07, 6.45) is 7.66. The number of hydrogen-bond donors (Lipinski definition) is 1. The summed E-state index contributed by atoms with van der Waals surface area (Å²) in [6.45, 7) is 27.7. The molecule has 3 unspecified atom stereocenters. The number of phenolic OH excluding ortho intramolecular Hbond substituents is 1. The maximum absolute atomic E-state index is 12.9. The van der Waals surface area contributed by atoms with Crippen molar-refractivity contribution in [3.8, 4) is 17.2 Å². The normalized spacial score (nSPS) is 17.0. The van der Waals surface area contributed by atoms with Gasteiger partial charge < -0.3 is 14.2 Å². The van der Waals surface area contributed by atoms with Crippen molar-refractivity contribution in [1.29, 1.82) is 0 Å². The number of rotatable bonds is 21. The van der Waals surface area contributed by atoms with Gasteiger partial charge in [-0.05, 0) is 153 Å². The lowest BCUT2D eigenvalue weighted by Crippen LogP contribution is -2.08. The van der Waals surface area contributed by atoms with Gasteiger partial charge in [0, 0.05) is 0 Å². The first kappa shape index (κ1) is 51.0. The average Bonchev–Trinajstić information content (AvgIpc) is 4.05. The smallest absolute Gasteiger partial charge is 0.507 e. The van der Waals surface area contributed by atoms with Crippen molar-refractivity contribution in [2.24, 2.45) is 17.8 Å². The molecule has 0 bridgehead atoms. The number of aromatic hydroxyl groups is 1. The quantitative estimate of drug-likeness (QED) is 0.105. The lowest BCUT2D eigenvalue weighted by atomic mass is 9.90. The first-order valence-electron chi connectivity index (χ1n) is 23.2. The molecule has 0 aromatic heterocycles. The van der Waals surface area contributed by atoms with E-state index in [0.717, 1.165) is 39.3 Å². The molecule has 3 aliphatic carbocycles. The molecule has 0 radical (unpaired) electrons. The Balaban J connectivity index is 0.000000206. The monoisotopic (exact) mass is 885 g/mol. The fraction of sp³-hybridized carbons (Fsp3) is 0.640. The van der Waals surface area contributed by atoms with Crippen LogP contribution in [0.25, 0.3) is 0 Å². The highest BCUT2D eigenvalue weighted by Gasteiger charge is 2.37. The molecule has 61 heavy (non-hydrogen) atoms. The summed E-state index contributed by atoms with van der Waals surface area (Å²) in [4.78, 5) is 0. The molecule has 0 heterocycles. The molecule has 3 atom stereocenters. The molecule has 1 N–H and O–H groups in total. The van der Waals surface area contributed by atoms with Gasteiger partial charge in [-0.1, -0.05) is 117 Å². The highest BCUT2D eigenvalue weighted by Crippen LogP contribution is 2.56. The maximum Gasteiger partial charge on any atom is 0.530 e. The molecule has 3 fully saturated rings. The van der Waals surface area contributed by atoms with Crippen LogP contribution in [0.5, 0.6) is 17.2 Å². The van der Waals surface area contributed by atoms with Crippen molar-refractivity contribution < 1.29 is 41.4 Å². The van der Waals surface area contributed by atoms with Gasteiger partial charge in [-0.3, -0.25) is 18.1 Å². The molecule has 11 heteroatoms. The van der Waals surface area contributed by atoms with Gasteiger partial charge in [-0.25, -0.2) is 9.13 Å².